The Kier molecular flexibility index (Phi) is 6.57. The van der Waals surface area contributed by atoms with Crippen molar-refractivity contribution in [2.75, 3.05) is 23.0 Å². The van der Waals surface area contributed by atoms with E-state index in [9.17, 15) is 14.4 Å². The maximum Gasteiger partial charge on any atom is 0.323 e. The van der Waals surface area contributed by atoms with Crippen LogP contribution >= 0.6 is 11.8 Å². The van der Waals surface area contributed by atoms with Gasteiger partial charge >= 0.3 is 5.69 Å². The molecule has 2 amide bonds. The third-order valence-electron chi connectivity index (χ3n) is 4.46. The van der Waals surface area contributed by atoms with E-state index in [1.807, 2.05) is 72.8 Å². The van der Waals surface area contributed by atoms with Crippen LogP contribution in [0, 0.1) is 0 Å². The van der Waals surface area contributed by atoms with Crippen LogP contribution in [0.15, 0.2) is 82.5 Å². The summed E-state index contributed by atoms with van der Waals surface area (Å²) in [5.41, 5.74) is 3.25. The number of anilines is 2. The Labute approximate surface area is 187 Å². The van der Waals surface area contributed by atoms with Gasteiger partial charge in [-0.1, -0.05) is 36.4 Å². The van der Waals surface area contributed by atoms with E-state index in [1.54, 1.807) is 11.8 Å². The van der Waals surface area contributed by atoms with Crippen LogP contribution in [0.3, 0.4) is 0 Å². The third kappa shape index (κ3) is 5.38. The molecule has 3 aromatic carbocycles. The molecule has 162 valence electrons. The number of nitrogens with one attached hydrogen (secondary N) is 4. The average molecular weight is 449 g/mol. The molecule has 0 atom stereocenters. The minimum absolute atomic E-state index is 0.0914. The van der Waals surface area contributed by atoms with Crippen LogP contribution in [0.1, 0.15) is 0 Å². The number of para-hydroxylation sites is 5. The average Bonchev–Trinajstić information content (AvgIpc) is 3.20. The fourth-order valence-electron chi connectivity index (χ4n) is 3.03. The SMILES string of the molecule is O=C1COc2ccccc2N1.O=C1CSc2ccccc2N1.O=c1[nH]c2ccccc2[nH]1. The summed E-state index contributed by atoms with van der Waals surface area (Å²) < 4.78 is 5.12. The molecule has 32 heavy (non-hydrogen) atoms. The number of ether oxygens (including phenoxy) is 1. The van der Waals surface area contributed by atoms with Crippen molar-refractivity contribution < 1.29 is 14.3 Å². The van der Waals surface area contributed by atoms with Crippen LogP contribution in [0.25, 0.3) is 11.0 Å². The highest BCUT2D eigenvalue weighted by atomic mass is 32.2. The first-order valence-corrected chi connectivity index (χ1v) is 10.8. The van der Waals surface area contributed by atoms with Crippen LogP contribution in [0.5, 0.6) is 5.75 Å². The molecule has 9 heteroatoms. The Morgan fingerprint density at radius 1 is 0.688 bits per heavy atom. The molecule has 1 aromatic heterocycles. The zero-order chi connectivity index (χ0) is 22.3. The van der Waals surface area contributed by atoms with Crippen molar-refractivity contribution >= 4 is 46.0 Å². The van der Waals surface area contributed by atoms with Crippen molar-refractivity contribution in [2.24, 2.45) is 0 Å². The number of aromatic nitrogens is 2. The summed E-state index contributed by atoms with van der Waals surface area (Å²) in [7, 11) is 0. The number of carbonyl (C=O) groups is 2. The molecule has 2 aliphatic heterocycles. The van der Waals surface area contributed by atoms with Gasteiger partial charge in [-0.2, -0.15) is 0 Å². The maximum atomic E-state index is 10.9. The molecule has 2 aliphatic rings. The molecule has 6 rings (SSSR count). The van der Waals surface area contributed by atoms with Gasteiger partial charge < -0.3 is 25.3 Å². The lowest BCUT2D eigenvalue weighted by Crippen LogP contribution is -2.25. The predicted molar refractivity (Wildman–Crippen MR) is 125 cm³/mol. The van der Waals surface area contributed by atoms with Crippen molar-refractivity contribution in [1.29, 1.82) is 0 Å². The minimum Gasteiger partial charge on any atom is -0.482 e. The summed E-state index contributed by atoms with van der Waals surface area (Å²) in [5, 5.41) is 5.50. The molecule has 0 saturated heterocycles. The number of carbonyl (C=O) groups excluding carboxylic acids is 2. The fourth-order valence-corrected chi connectivity index (χ4v) is 3.84. The number of hydrogen-bond acceptors (Lipinski definition) is 5. The second-order valence-electron chi connectivity index (χ2n) is 6.79. The molecular formula is C23H20N4O4S. The van der Waals surface area contributed by atoms with E-state index in [-0.39, 0.29) is 24.1 Å². The summed E-state index contributed by atoms with van der Waals surface area (Å²) in [4.78, 5) is 38.8. The molecule has 0 bridgehead atoms. The van der Waals surface area contributed by atoms with Gasteiger partial charge in [0.2, 0.25) is 5.91 Å². The molecular weight excluding hydrogens is 428 g/mol. The van der Waals surface area contributed by atoms with Crippen LogP contribution < -0.4 is 21.1 Å². The largest absolute Gasteiger partial charge is 0.482 e. The maximum absolute atomic E-state index is 10.9. The molecule has 0 aliphatic carbocycles. The molecule has 0 spiro atoms. The lowest BCUT2D eigenvalue weighted by molar-refractivity contribution is -0.118. The van der Waals surface area contributed by atoms with E-state index < -0.39 is 0 Å². The fraction of sp³-hybridized carbons (Fsp3) is 0.0870. The Balaban J connectivity index is 0.000000115. The predicted octanol–water partition coefficient (Wildman–Crippen LogP) is 3.60. The van der Waals surface area contributed by atoms with Gasteiger partial charge in [0.05, 0.1) is 28.2 Å². The lowest BCUT2D eigenvalue weighted by Gasteiger charge is -2.16. The molecule has 0 unspecified atom stereocenters. The van der Waals surface area contributed by atoms with Gasteiger partial charge in [-0.25, -0.2) is 4.79 Å². The lowest BCUT2D eigenvalue weighted by atomic mass is 10.2. The summed E-state index contributed by atoms with van der Waals surface area (Å²) in [5.74, 6) is 1.28. The Hall–Kier alpha value is -3.98. The van der Waals surface area contributed by atoms with Crippen LogP contribution in [0.2, 0.25) is 0 Å². The van der Waals surface area contributed by atoms with Crippen LogP contribution in [-0.4, -0.2) is 34.1 Å². The second kappa shape index (κ2) is 9.88. The van der Waals surface area contributed by atoms with E-state index in [0.29, 0.717) is 5.75 Å². The number of rotatable bonds is 0. The van der Waals surface area contributed by atoms with Gasteiger partial charge in [-0.15, -0.1) is 11.8 Å². The Bertz CT molecular complexity index is 1220. The van der Waals surface area contributed by atoms with E-state index in [2.05, 4.69) is 20.6 Å². The van der Waals surface area contributed by atoms with Gasteiger partial charge in [-0.05, 0) is 36.4 Å². The number of amides is 2. The van der Waals surface area contributed by atoms with Gasteiger partial charge in [-0.3, -0.25) is 9.59 Å². The molecule has 0 saturated carbocycles. The molecule has 8 nitrogen and oxygen atoms in total. The Morgan fingerprint density at radius 2 is 1.28 bits per heavy atom. The number of fused-ring (bicyclic) bond motifs is 3. The van der Waals surface area contributed by atoms with Gasteiger partial charge in [0.25, 0.3) is 5.91 Å². The molecule has 4 aromatic rings. The number of hydrogen-bond donors (Lipinski definition) is 4. The van der Waals surface area contributed by atoms with E-state index in [1.165, 1.54) is 0 Å². The number of thioether (sulfide) groups is 1. The van der Waals surface area contributed by atoms with Crippen LogP contribution in [-0.2, 0) is 9.59 Å². The highest BCUT2D eigenvalue weighted by Crippen LogP contribution is 2.30. The van der Waals surface area contributed by atoms with E-state index in [0.717, 1.165) is 33.1 Å². The number of H-pyrrole nitrogens is 2. The zero-order valence-corrected chi connectivity index (χ0v) is 17.7. The first-order chi connectivity index (χ1) is 15.6. The third-order valence-corrected chi connectivity index (χ3v) is 5.54. The van der Waals surface area contributed by atoms with Crippen molar-refractivity contribution in [1.82, 2.24) is 9.97 Å². The quantitative estimate of drug-likeness (QED) is 0.328. The van der Waals surface area contributed by atoms with E-state index in [4.69, 9.17) is 4.74 Å². The van der Waals surface area contributed by atoms with E-state index >= 15 is 0 Å². The number of imidazole rings is 1. The summed E-state index contributed by atoms with van der Waals surface area (Å²) >= 11 is 1.58. The molecule has 0 fully saturated rings. The van der Waals surface area contributed by atoms with Gasteiger partial charge in [0.15, 0.2) is 6.61 Å². The molecule has 4 N–H and O–H groups in total. The smallest absolute Gasteiger partial charge is 0.323 e. The van der Waals surface area contributed by atoms with Crippen molar-refractivity contribution in [3.8, 4) is 5.75 Å². The first-order valence-electron chi connectivity index (χ1n) is 9.79. The van der Waals surface area contributed by atoms with Crippen LogP contribution in [0.4, 0.5) is 11.4 Å². The van der Waals surface area contributed by atoms with Gasteiger partial charge in [0, 0.05) is 4.90 Å². The standard InChI is InChI=1S/C8H7NO2.C8H7NOS.C7H6N2O/c2*10-8-5-11-7-4-2-1-3-6(7)9-8;10-7-8-5-3-1-2-4-6(5)9-7/h2*1-4H,5H2,(H,9,10);1-4H,(H2,8,9,10). The topological polar surface area (TPSA) is 116 Å². The van der Waals surface area contributed by atoms with Crippen molar-refractivity contribution in [2.45, 2.75) is 4.90 Å². The highest BCUT2D eigenvalue weighted by Gasteiger charge is 2.14. The zero-order valence-electron chi connectivity index (χ0n) is 16.9. The highest BCUT2D eigenvalue weighted by molar-refractivity contribution is 8.00. The first kappa shape index (κ1) is 21.3. The monoisotopic (exact) mass is 448 g/mol. The summed E-state index contributed by atoms with van der Waals surface area (Å²) in [6, 6.07) is 22.7. The molecule has 3 heterocycles. The molecule has 0 radical (unpaired) electrons. The van der Waals surface area contributed by atoms with Crippen molar-refractivity contribution in [3.05, 3.63) is 83.3 Å². The van der Waals surface area contributed by atoms with Gasteiger partial charge in [0.1, 0.15) is 5.75 Å². The summed E-state index contributed by atoms with van der Waals surface area (Å²) in [6.45, 7) is 0.122. The second-order valence-corrected chi connectivity index (χ2v) is 7.81. The number of benzene rings is 3. The number of aromatic amines is 2. The minimum atomic E-state index is -0.152. The van der Waals surface area contributed by atoms with Crippen molar-refractivity contribution in [3.63, 3.8) is 0 Å². The Morgan fingerprint density at radius 3 is 2.03 bits per heavy atom. The normalized spacial score (nSPS) is 13.6. The summed E-state index contributed by atoms with van der Waals surface area (Å²) in [6.07, 6.45) is 0.